The van der Waals surface area contributed by atoms with Gasteiger partial charge in [-0.2, -0.15) is 0 Å². The smallest absolute Gasteiger partial charge is 0.335 e. The maximum atomic E-state index is 11.1. The maximum absolute atomic E-state index is 11.1. The fourth-order valence-electron chi connectivity index (χ4n) is 3.20. The molecule has 2 aromatic carbocycles. The molecule has 32 heavy (non-hydrogen) atoms. The number of amides is 1. The Hall–Kier alpha value is -2.48. The number of hydrogen-bond acceptors (Lipinski definition) is 4. The zero-order chi connectivity index (χ0) is 24.5. The maximum Gasteiger partial charge on any atom is 0.335 e. The summed E-state index contributed by atoms with van der Waals surface area (Å²) < 4.78 is 6.09. The number of nitrogen functional groups attached to an aromatic ring is 1. The van der Waals surface area contributed by atoms with Crippen molar-refractivity contribution in [1.29, 1.82) is 0 Å². The first kappa shape index (κ1) is 27.6. The second-order valence-electron chi connectivity index (χ2n) is 9.63. The van der Waals surface area contributed by atoms with E-state index >= 15 is 0 Å². The first-order valence-corrected chi connectivity index (χ1v) is 13.7. The summed E-state index contributed by atoms with van der Waals surface area (Å²) in [5.41, 5.74) is 5.31. The Balaban J connectivity index is 0.000000330. The summed E-state index contributed by atoms with van der Waals surface area (Å²) in [6.45, 7) is 15.0. The second-order valence-corrected chi connectivity index (χ2v) is 12.0. The van der Waals surface area contributed by atoms with Crippen molar-refractivity contribution in [2.75, 3.05) is 0 Å². The topological polar surface area (TPSA) is 102 Å². The van der Waals surface area contributed by atoms with E-state index in [1.165, 1.54) is 5.56 Å². The van der Waals surface area contributed by atoms with Gasteiger partial charge in [-0.25, -0.2) is 10.6 Å². The normalized spacial score (nSPS) is 12.2. The van der Waals surface area contributed by atoms with Crippen LogP contribution >= 0.6 is 0 Å². The molecule has 0 aromatic heterocycles. The quantitative estimate of drug-likeness (QED) is 0.236. The van der Waals surface area contributed by atoms with Gasteiger partial charge in [0.1, 0.15) is 0 Å². The van der Waals surface area contributed by atoms with Gasteiger partial charge in [-0.05, 0) is 66.2 Å². The first-order valence-electron chi connectivity index (χ1n) is 10.9. The van der Waals surface area contributed by atoms with Crippen LogP contribution in [0.5, 0.6) is 0 Å². The van der Waals surface area contributed by atoms with Gasteiger partial charge in [0.2, 0.25) is 0 Å². The molecule has 0 saturated heterocycles. The number of aromatic carboxylic acids is 1. The molecule has 0 aliphatic carbocycles. The van der Waals surface area contributed by atoms with Crippen LogP contribution in [0.3, 0.4) is 0 Å². The van der Waals surface area contributed by atoms with Gasteiger partial charge in [-0.3, -0.25) is 10.2 Å². The first-order chi connectivity index (χ1) is 14.8. The van der Waals surface area contributed by atoms with Crippen LogP contribution in [0.2, 0.25) is 13.1 Å². The zero-order valence-corrected chi connectivity index (χ0v) is 21.5. The standard InChI is InChI=1S/C14H22O3Si.C11H16N2O/c1-14(2,3)12(17-18(4)5)10-6-8-11(9-7-10)13(15)16;1-8(2)7-9-3-5-10(6-4-9)11(14)13-12/h6-9,12,18H,1-5H3,(H,15,16);3-6,8H,7,12H2,1-2H3,(H,13,14). The Kier molecular flexibility index (Phi) is 10.8. The van der Waals surface area contributed by atoms with Crippen molar-refractivity contribution in [1.82, 2.24) is 5.43 Å². The van der Waals surface area contributed by atoms with Gasteiger partial charge in [0, 0.05) is 5.56 Å². The molecule has 0 saturated carbocycles. The summed E-state index contributed by atoms with van der Waals surface area (Å²) in [4.78, 5) is 21.9. The summed E-state index contributed by atoms with van der Waals surface area (Å²) in [6.07, 6.45) is 1.05. The molecule has 176 valence electrons. The van der Waals surface area contributed by atoms with Crippen LogP contribution < -0.4 is 11.3 Å². The van der Waals surface area contributed by atoms with E-state index in [0.717, 1.165) is 12.0 Å². The zero-order valence-electron chi connectivity index (χ0n) is 20.3. The number of nitrogens with two attached hydrogens (primary N) is 1. The highest BCUT2D eigenvalue weighted by molar-refractivity contribution is 6.48. The van der Waals surface area contributed by atoms with E-state index < -0.39 is 15.0 Å². The molecule has 1 amide bonds. The molecule has 0 heterocycles. The highest BCUT2D eigenvalue weighted by Gasteiger charge is 2.27. The van der Waals surface area contributed by atoms with E-state index in [1.807, 2.05) is 24.3 Å². The summed E-state index contributed by atoms with van der Waals surface area (Å²) >= 11 is 0. The molecule has 2 aromatic rings. The van der Waals surface area contributed by atoms with Gasteiger partial charge in [0.05, 0.1) is 11.7 Å². The fraction of sp³-hybridized carbons (Fsp3) is 0.440. The van der Waals surface area contributed by atoms with Crippen molar-refractivity contribution in [2.24, 2.45) is 17.2 Å². The van der Waals surface area contributed by atoms with Crippen molar-refractivity contribution < 1.29 is 19.1 Å². The molecule has 0 bridgehead atoms. The molecule has 0 spiro atoms. The number of carbonyl (C=O) groups is 2. The van der Waals surface area contributed by atoms with Crippen LogP contribution in [0.25, 0.3) is 0 Å². The molecule has 0 fully saturated rings. The molecule has 2 rings (SSSR count). The van der Waals surface area contributed by atoms with Gasteiger partial charge < -0.3 is 9.53 Å². The van der Waals surface area contributed by atoms with E-state index in [4.69, 9.17) is 15.4 Å². The lowest BCUT2D eigenvalue weighted by atomic mass is 9.84. The number of benzene rings is 2. The number of hydrogen-bond donors (Lipinski definition) is 3. The minimum Gasteiger partial charge on any atom is -0.478 e. The predicted molar refractivity (Wildman–Crippen MR) is 132 cm³/mol. The Labute approximate surface area is 193 Å². The van der Waals surface area contributed by atoms with Gasteiger partial charge in [0.15, 0.2) is 9.04 Å². The second kappa shape index (κ2) is 12.5. The predicted octanol–water partition coefficient (Wildman–Crippen LogP) is 4.96. The Morgan fingerprint density at radius 3 is 1.88 bits per heavy atom. The number of carbonyl (C=O) groups excluding carboxylic acids is 1. The Morgan fingerprint density at radius 1 is 1.00 bits per heavy atom. The van der Waals surface area contributed by atoms with Crippen LogP contribution in [-0.2, 0) is 10.8 Å². The third kappa shape index (κ3) is 9.34. The number of nitrogens with one attached hydrogen (secondary N) is 1. The van der Waals surface area contributed by atoms with Crippen LogP contribution in [0.1, 0.15) is 72.6 Å². The van der Waals surface area contributed by atoms with Crippen LogP contribution in [0.15, 0.2) is 48.5 Å². The molecule has 0 radical (unpaired) electrons. The number of rotatable bonds is 7. The van der Waals surface area contributed by atoms with Crippen LogP contribution in [0.4, 0.5) is 0 Å². The molecular weight excluding hydrogens is 420 g/mol. The van der Waals surface area contributed by atoms with Crippen molar-refractivity contribution in [3.05, 3.63) is 70.8 Å². The van der Waals surface area contributed by atoms with Gasteiger partial charge in [0.25, 0.3) is 5.91 Å². The third-order valence-corrected chi connectivity index (χ3v) is 5.46. The van der Waals surface area contributed by atoms with Gasteiger partial charge in [-0.15, -0.1) is 0 Å². The molecule has 0 aliphatic rings. The molecule has 7 heteroatoms. The van der Waals surface area contributed by atoms with Crippen molar-refractivity contribution in [3.63, 3.8) is 0 Å². The minimum absolute atomic E-state index is 0.00199. The summed E-state index contributed by atoms with van der Waals surface area (Å²) in [5.74, 6) is 4.51. The lowest BCUT2D eigenvalue weighted by Crippen LogP contribution is -2.29. The SMILES string of the molecule is CC(C)Cc1ccc(C(=O)NN)cc1.C[SiH](C)OC(c1ccc(C(=O)O)cc1)C(C)(C)C. The number of carboxylic acids is 1. The molecular formula is C25H38N2O4Si. The lowest BCUT2D eigenvalue weighted by molar-refractivity contribution is 0.0695. The highest BCUT2D eigenvalue weighted by Crippen LogP contribution is 2.36. The number of carboxylic acid groups (broad SMARTS) is 1. The average Bonchev–Trinajstić information content (AvgIpc) is 2.71. The molecule has 1 unspecified atom stereocenters. The van der Waals surface area contributed by atoms with E-state index in [9.17, 15) is 9.59 Å². The van der Waals surface area contributed by atoms with Gasteiger partial charge in [-0.1, -0.05) is 58.9 Å². The molecule has 1 atom stereocenters. The van der Waals surface area contributed by atoms with E-state index in [2.05, 4.69) is 53.1 Å². The minimum atomic E-state index is -1.15. The molecule has 0 aliphatic heterocycles. The summed E-state index contributed by atoms with van der Waals surface area (Å²) in [5, 5.41) is 8.90. The average molecular weight is 459 g/mol. The summed E-state index contributed by atoms with van der Waals surface area (Å²) in [7, 11) is -1.15. The van der Waals surface area contributed by atoms with Crippen LogP contribution in [0, 0.1) is 11.3 Å². The Bertz CT molecular complexity index is 857. The van der Waals surface area contributed by atoms with E-state index in [0.29, 0.717) is 17.0 Å². The monoisotopic (exact) mass is 458 g/mol. The fourth-order valence-corrected chi connectivity index (χ4v) is 4.31. The lowest BCUT2D eigenvalue weighted by Gasteiger charge is -2.33. The van der Waals surface area contributed by atoms with E-state index in [-0.39, 0.29) is 17.4 Å². The largest absolute Gasteiger partial charge is 0.478 e. The molecule has 4 N–H and O–H groups in total. The Morgan fingerprint density at radius 2 is 1.50 bits per heavy atom. The van der Waals surface area contributed by atoms with Crippen molar-refractivity contribution in [2.45, 2.75) is 60.2 Å². The number of hydrazine groups is 1. The summed E-state index contributed by atoms with van der Waals surface area (Å²) in [6, 6.07) is 14.5. The third-order valence-electron chi connectivity index (χ3n) is 4.65. The van der Waals surface area contributed by atoms with Crippen molar-refractivity contribution >= 4 is 20.9 Å². The molecule has 6 nitrogen and oxygen atoms in total. The highest BCUT2D eigenvalue weighted by atomic mass is 28.3. The van der Waals surface area contributed by atoms with Gasteiger partial charge >= 0.3 is 5.97 Å². The van der Waals surface area contributed by atoms with E-state index in [1.54, 1.807) is 24.3 Å². The van der Waals surface area contributed by atoms with Crippen LogP contribution in [-0.4, -0.2) is 26.0 Å². The van der Waals surface area contributed by atoms with Crippen molar-refractivity contribution in [3.8, 4) is 0 Å².